The van der Waals surface area contributed by atoms with Crippen molar-refractivity contribution in [2.45, 2.75) is 46.1 Å². The molecule has 2 heterocycles. The topological polar surface area (TPSA) is 68.3 Å². The lowest BCUT2D eigenvalue weighted by atomic mass is 9.94. The van der Waals surface area contributed by atoms with Crippen LogP contribution in [0.5, 0.6) is 11.5 Å². The predicted molar refractivity (Wildman–Crippen MR) is 127 cm³/mol. The number of nitrogens with zero attached hydrogens (tertiary/aromatic N) is 2. The van der Waals surface area contributed by atoms with E-state index in [1.54, 1.807) is 29.0 Å². The minimum absolute atomic E-state index is 0.0782. The molecule has 2 aromatic carbocycles. The fourth-order valence-electron chi connectivity index (χ4n) is 4.50. The first-order valence-corrected chi connectivity index (χ1v) is 11.4. The molecule has 33 heavy (non-hydrogen) atoms. The van der Waals surface area contributed by atoms with Crippen molar-refractivity contribution in [1.29, 1.82) is 0 Å². The maximum atomic E-state index is 13.4. The molecule has 2 aromatic rings. The van der Waals surface area contributed by atoms with E-state index in [1.807, 2.05) is 45.9 Å². The van der Waals surface area contributed by atoms with Gasteiger partial charge < -0.3 is 24.0 Å². The summed E-state index contributed by atoms with van der Waals surface area (Å²) >= 11 is 0. The molecular formula is C26H32N2O5. The number of ether oxygens (including phenoxy) is 3. The standard InChI is InChI=1S/C26H32N2O5/c1-17-21-10-12-27(25(30)33-26(2,3)4)11-9-18(21)16-22-23(17)28(13-14-32-22)24(29)19-7-6-8-20(15-19)31-5/h6-8,15-16H,9-14H2,1-5H3. The summed E-state index contributed by atoms with van der Waals surface area (Å²) in [5.41, 5.74) is 4.23. The van der Waals surface area contributed by atoms with Crippen molar-refractivity contribution >= 4 is 17.7 Å². The number of fused-ring (bicyclic) bond motifs is 2. The molecule has 0 saturated heterocycles. The third-order valence-electron chi connectivity index (χ3n) is 6.07. The number of carbonyl (C=O) groups excluding carboxylic acids is 2. The molecule has 0 bridgehead atoms. The van der Waals surface area contributed by atoms with Gasteiger partial charge in [-0.1, -0.05) is 6.07 Å². The molecule has 7 nitrogen and oxygen atoms in total. The lowest BCUT2D eigenvalue weighted by Crippen LogP contribution is -2.39. The van der Waals surface area contributed by atoms with E-state index in [4.69, 9.17) is 14.2 Å². The summed E-state index contributed by atoms with van der Waals surface area (Å²) in [7, 11) is 1.59. The number of hydrogen-bond acceptors (Lipinski definition) is 5. The highest BCUT2D eigenvalue weighted by molar-refractivity contribution is 6.08. The third-order valence-corrected chi connectivity index (χ3v) is 6.07. The molecule has 7 heteroatoms. The lowest BCUT2D eigenvalue weighted by Gasteiger charge is -2.33. The lowest BCUT2D eigenvalue weighted by molar-refractivity contribution is 0.0258. The van der Waals surface area contributed by atoms with Crippen molar-refractivity contribution in [3.05, 3.63) is 52.6 Å². The van der Waals surface area contributed by atoms with Crippen LogP contribution in [0.4, 0.5) is 10.5 Å². The van der Waals surface area contributed by atoms with Crippen molar-refractivity contribution < 1.29 is 23.8 Å². The number of hydrogen-bond donors (Lipinski definition) is 0. The molecular weight excluding hydrogens is 420 g/mol. The van der Waals surface area contributed by atoms with Crippen LogP contribution >= 0.6 is 0 Å². The normalized spacial score (nSPS) is 15.7. The van der Waals surface area contributed by atoms with Gasteiger partial charge in [0.05, 0.1) is 19.3 Å². The van der Waals surface area contributed by atoms with Crippen LogP contribution in [0.2, 0.25) is 0 Å². The van der Waals surface area contributed by atoms with Gasteiger partial charge in [-0.25, -0.2) is 4.79 Å². The number of rotatable bonds is 2. The van der Waals surface area contributed by atoms with Crippen molar-refractivity contribution in [1.82, 2.24) is 4.90 Å². The van der Waals surface area contributed by atoms with Gasteiger partial charge in [0.15, 0.2) is 0 Å². The van der Waals surface area contributed by atoms with Crippen LogP contribution in [0.25, 0.3) is 0 Å². The number of anilines is 1. The summed E-state index contributed by atoms with van der Waals surface area (Å²) in [5.74, 6) is 1.29. The summed E-state index contributed by atoms with van der Waals surface area (Å²) < 4.78 is 16.9. The number of methoxy groups -OCH3 is 1. The summed E-state index contributed by atoms with van der Waals surface area (Å²) in [6.45, 7) is 9.75. The molecule has 0 aromatic heterocycles. The van der Waals surface area contributed by atoms with Crippen molar-refractivity contribution in [2.75, 3.05) is 38.3 Å². The van der Waals surface area contributed by atoms with Gasteiger partial charge >= 0.3 is 6.09 Å². The van der Waals surface area contributed by atoms with E-state index in [-0.39, 0.29) is 12.0 Å². The van der Waals surface area contributed by atoms with Crippen LogP contribution in [0.1, 0.15) is 47.8 Å². The molecule has 0 saturated carbocycles. The molecule has 0 radical (unpaired) electrons. The number of benzene rings is 2. The molecule has 0 atom stereocenters. The SMILES string of the molecule is COc1cccc(C(=O)N2CCOc3cc4c(c(C)c32)CCN(C(=O)OC(C)(C)C)CC4)c1. The minimum atomic E-state index is -0.528. The minimum Gasteiger partial charge on any atom is -0.497 e. The Labute approximate surface area is 195 Å². The van der Waals surface area contributed by atoms with E-state index in [1.165, 1.54) is 5.56 Å². The second kappa shape index (κ2) is 8.96. The maximum absolute atomic E-state index is 13.4. The summed E-state index contributed by atoms with van der Waals surface area (Å²) in [4.78, 5) is 29.6. The number of carbonyl (C=O) groups is 2. The molecule has 176 valence electrons. The summed E-state index contributed by atoms with van der Waals surface area (Å²) in [6, 6.07) is 9.25. The quantitative estimate of drug-likeness (QED) is 0.677. The van der Waals surface area contributed by atoms with Crippen LogP contribution in [-0.2, 0) is 17.6 Å². The van der Waals surface area contributed by atoms with Gasteiger partial charge in [0.25, 0.3) is 5.91 Å². The highest BCUT2D eigenvalue weighted by Crippen LogP contribution is 2.40. The molecule has 0 fully saturated rings. The first-order chi connectivity index (χ1) is 15.7. The highest BCUT2D eigenvalue weighted by Gasteiger charge is 2.31. The fraction of sp³-hybridized carbons (Fsp3) is 0.462. The van der Waals surface area contributed by atoms with Crippen LogP contribution < -0.4 is 14.4 Å². The van der Waals surface area contributed by atoms with Gasteiger partial charge in [-0.2, -0.15) is 0 Å². The Morgan fingerprint density at radius 2 is 1.82 bits per heavy atom. The van der Waals surface area contributed by atoms with Gasteiger partial charge in [0.2, 0.25) is 0 Å². The van der Waals surface area contributed by atoms with Crippen molar-refractivity contribution in [3.63, 3.8) is 0 Å². The Hall–Kier alpha value is -3.22. The van der Waals surface area contributed by atoms with E-state index in [0.29, 0.717) is 44.0 Å². The predicted octanol–water partition coefficient (Wildman–Crippen LogP) is 4.38. The van der Waals surface area contributed by atoms with Gasteiger partial charge in [-0.3, -0.25) is 4.79 Å². The second-order valence-corrected chi connectivity index (χ2v) is 9.49. The van der Waals surface area contributed by atoms with Crippen LogP contribution in [-0.4, -0.2) is 55.9 Å². The van der Waals surface area contributed by atoms with Crippen molar-refractivity contribution in [2.24, 2.45) is 0 Å². The number of amides is 2. The molecule has 0 N–H and O–H groups in total. The molecule has 2 amide bonds. The Kier molecular flexibility index (Phi) is 6.23. The van der Waals surface area contributed by atoms with Gasteiger partial charge in [0, 0.05) is 18.7 Å². The first-order valence-electron chi connectivity index (χ1n) is 11.4. The first kappa shape index (κ1) is 23.0. The van der Waals surface area contributed by atoms with E-state index in [0.717, 1.165) is 29.0 Å². The van der Waals surface area contributed by atoms with Crippen LogP contribution in [0, 0.1) is 6.92 Å². The van der Waals surface area contributed by atoms with E-state index >= 15 is 0 Å². The van der Waals surface area contributed by atoms with Crippen molar-refractivity contribution in [3.8, 4) is 11.5 Å². The summed E-state index contributed by atoms with van der Waals surface area (Å²) in [6.07, 6.45) is 1.13. The molecule has 4 rings (SSSR count). The highest BCUT2D eigenvalue weighted by atomic mass is 16.6. The average molecular weight is 453 g/mol. The zero-order valence-corrected chi connectivity index (χ0v) is 20.1. The fourth-order valence-corrected chi connectivity index (χ4v) is 4.50. The zero-order valence-electron chi connectivity index (χ0n) is 20.1. The molecule has 2 aliphatic heterocycles. The van der Waals surface area contributed by atoms with E-state index in [2.05, 4.69) is 0 Å². The molecule has 0 unspecified atom stereocenters. The van der Waals surface area contributed by atoms with Gasteiger partial charge in [0.1, 0.15) is 23.7 Å². The molecule has 2 aliphatic rings. The third kappa shape index (κ3) is 4.77. The van der Waals surface area contributed by atoms with Crippen LogP contribution in [0.15, 0.2) is 30.3 Å². The monoisotopic (exact) mass is 452 g/mol. The maximum Gasteiger partial charge on any atom is 0.410 e. The smallest absolute Gasteiger partial charge is 0.410 e. The largest absolute Gasteiger partial charge is 0.497 e. The average Bonchev–Trinajstić information content (AvgIpc) is 3.00. The Balaban J connectivity index is 1.63. The van der Waals surface area contributed by atoms with Crippen LogP contribution in [0.3, 0.4) is 0 Å². The van der Waals surface area contributed by atoms with E-state index < -0.39 is 5.60 Å². The van der Waals surface area contributed by atoms with Gasteiger partial charge in [-0.05, 0) is 81.5 Å². The molecule has 0 aliphatic carbocycles. The Morgan fingerprint density at radius 1 is 1.06 bits per heavy atom. The Morgan fingerprint density at radius 3 is 2.55 bits per heavy atom. The Bertz CT molecular complexity index is 1070. The summed E-state index contributed by atoms with van der Waals surface area (Å²) in [5, 5.41) is 0. The van der Waals surface area contributed by atoms with E-state index in [9.17, 15) is 9.59 Å². The zero-order chi connectivity index (χ0) is 23.8. The second-order valence-electron chi connectivity index (χ2n) is 9.49. The van der Waals surface area contributed by atoms with Gasteiger partial charge in [-0.15, -0.1) is 0 Å². The molecule has 0 spiro atoms.